The van der Waals surface area contributed by atoms with E-state index in [9.17, 15) is 15.0 Å². The normalized spacial score (nSPS) is 28.9. The molecule has 1 saturated heterocycles. The van der Waals surface area contributed by atoms with Crippen LogP contribution in [0.5, 0.6) is 11.5 Å². The molecule has 0 radical (unpaired) electrons. The Bertz CT molecular complexity index is 559. The highest BCUT2D eigenvalue weighted by molar-refractivity contribution is 5.75. The Labute approximate surface area is 124 Å². The molecule has 5 heteroatoms. The zero-order valence-electron chi connectivity index (χ0n) is 12.2. The number of carbonyl (C=O) groups is 1. The van der Waals surface area contributed by atoms with Crippen LogP contribution < -0.4 is 4.74 Å². The number of aromatic hydroxyl groups is 1. The van der Waals surface area contributed by atoms with E-state index in [2.05, 4.69) is 4.90 Å². The average Bonchev–Trinajstić information content (AvgIpc) is 2.90. The summed E-state index contributed by atoms with van der Waals surface area (Å²) in [4.78, 5) is 13.9. The van der Waals surface area contributed by atoms with Gasteiger partial charge in [0, 0.05) is 18.2 Å². The third-order valence-electron chi connectivity index (χ3n) is 4.93. The van der Waals surface area contributed by atoms with Gasteiger partial charge in [-0.25, -0.2) is 0 Å². The first-order valence-electron chi connectivity index (χ1n) is 7.49. The summed E-state index contributed by atoms with van der Waals surface area (Å²) < 4.78 is 5.66. The number of ether oxygens (including phenoxy) is 1. The number of carboxylic acids is 1. The number of phenolic OH excluding ortho intramolecular Hbond substituents is 1. The van der Waals surface area contributed by atoms with Crippen molar-refractivity contribution in [3.05, 3.63) is 23.8 Å². The van der Waals surface area contributed by atoms with Crippen molar-refractivity contribution < 1.29 is 19.7 Å². The minimum Gasteiger partial charge on any atom is -0.508 e. The van der Waals surface area contributed by atoms with Crippen LogP contribution in [0.1, 0.15) is 37.8 Å². The predicted molar refractivity (Wildman–Crippen MR) is 77.5 cm³/mol. The van der Waals surface area contributed by atoms with Gasteiger partial charge in [0.25, 0.3) is 0 Å². The average molecular weight is 291 g/mol. The molecule has 2 unspecified atom stereocenters. The van der Waals surface area contributed by atoms with Gasteiger partial charge < -0.3 is 14.9 Å². The second-order valence-electron chi connectivity index (χ2n) is 6.06. The van der Waals surface area contributed by atoms with E-state index in [1.54, 1.807) is 12.1 Å². The van der Waals surface area contributed by atoms with Crippen LogP contribution in [0.3, 0.4) is 0 Å². The Hall–Kier alpha value is -1.75. The van der Waals surface area contributed by atoms with Gasteiger partial charge in [0.05, 0.1) is 11.5 Å². The summed E-state index contributed by atoms with van der Waals surface area (Å²) in [6, 6.07) is 5.26. The molecule has 1 aromatic rings. The number of nitrogens with zero attached hydrogens (tertiary/aromatic N) is 1. The van der Waals surface area contributed by atoms with Gasteiger partial charge in [-0.2, -0.15) is 0 Å². The van der Waals surface area contributed by atoms with E-state index < -0.39 is 11.4 Å². The van der Waals surface area contributed by atoms with E-state index in [0.29, 0.717) is 25.3 Å². The molecular formula is C16H21NO4. The minimum atomic E-state index is -0.695. The maximum atomic E-state index is 11.7. The number of benzene rings is 1. The standard InChI is InChI=1S/C16H21NO4/c1-2-16(15(19)20)6-3-7-17(10-16)13-9-21-14-8-11(18)4-5-12(13)14/h4-5,8,13,18H,2-3,6-7,9-10H2,1H3,(H,19,20). The second kappa shape index (κ2) is 5.22. The minimum absolute atomic E-state index is 0.0891. The van der Waals surface area contributed by atoms with Crippen molar-refractivity contribution in [2.75, 3.05) is 19.7 Å². The summed E-state index contributed by atoms with van der Waals surface area (Å²) in [5.41, 5.74) is 0.405. The number of phenols is 1. The van der Waals surface area contributed by atoms with Gasteiger partial charge in [0.15, 0.2) is 0 Å². The largest absolute Gasteiger partial charge is 0.508 e. The summed E-state index contributed by atoms with van der Waals surface area (Å²) in [7, 11) is 0. The maximum Gasteiger partial charge on any atom is 0.310 e. The fourth-order valence-electron chi connectivity index (χ4n) is 3.53. The van der Waals surface area contributed by atoms with E-state index in [-0.39, 0.29) is 11.8 Å². The molecule has 3 rings (SSSR count). The number of likely N-dealkylation sites (tertiary alicyclic amines) is 1. The van der Waals surface area contributed by atoms with Gasteiger partial charge >= 0.3 is 5.97 Å². The van der Waals surface area contributed by atoms with E-state index in [4.69, 9.17) is 4.74 Å². The molecule has 0 amide bonds. The number of fused-ring (bicyclic) bond motifs is 1. The van der Waals surface area contributed by atoms with Crippen LogP contribution in [-0.4, -0.2) is 40.8 Å². The summed E-state index contributed by atoms with van der Waals surface area (Å²) in [6.07, 6.45) is 2.28. The molecule has 0 bridgehead atoms. The SMILES string of the molecule is CCC1(C(=O)O)CCCN(C2COc3cc(O)ccc32)C1. The van der Waals surface area contributed by atoms with Gasteiger partial charge in [-0.1, -0.05) is 6.92 Å². The van der Waals surface area contributed by atoms with Crippen molar-refractivity contribution in [2.24, 2.45) is 5.41 Å². The number of hydrogen-bond donors (Lipinski definition) is 2. The summed E-state index contributed by atoms with van der Waals surface area (Å²) in [6.45, 7) is 3.93. The molecule has 21 heavy (non-hydrogen) atoms. The third-order valence-corrected chi connectivity index (χ3v) is 4.93. The molecule has 2 aliphatic rings. The van der Waals surface area contributed by atoms with E-state index >= 15 is 0 Å². The Balaban J connectivity index is 1.84. The van der Waals surface area contributed by atoms with Crippen molar-refractivity contribution in [3.63, 3.8) is 0 Å². The lowest BCUT2D eigenvalue weighted by atomic mass is 9.77. The first-order chi connectivity index (χ1) is 10.1. The Kier molecular flexibility index (Phi) is 3.53. The Morgan fingerprint density at radius 3 is 3.05 bits per heavy atom. The molecule has 114 valence electrons. The van der Waals surface area contributed by atoms with E-state index in [1.807, 2.05) is 13.0 Å². The zero-order valence-corrected chi connectivity index (χ0v) is 12.2. The Morgan fingerprint density at radius 1 is 1.52 bits per heavy atom. The highest BCUT2D eigenvalue weighted by Crippen LogP contribution is 2.42. The van der Waals surface area contributed by atoms with Crippen LogP contribution in [0.15, 0.2) is 18.2 Å². The monoisotopic (exact) mass is 291 g/mol. The lowest BCUT2D eigenvalue weighted by Gasteiger charge is -2.41. The molecule has 0 saturated carbocycles. The van der Waals surface area contributed by atoms with Crippen molar-refractivity contribution in [1.29, 1.82) is 0 Å². The molecule has 0 aromatic heterocycles. The number of hydrogen-bond acceptors (Lipinski definition) is 4. The van der Waals surface area contributed by atoms with Crippen LogP contribution in [-0.2, 0) is 4.79 Å². The molecule has 2 heterocycles. The summed E-state index contributed by atoms with van der Waals surface area (Å²) >= 11 is 0. The quantitative estimate of drug-likeness (QED) is 0.895. The molecule has 1 aromatic carbocycles. The number of piperidine rings is 1. The lowest BCUT2D eigenvalue weighted by Crippen LogP contribution is -2.49. The van der Waals surface area contributed by atoms with Crippen LogP contribution in [0.2, 0.25) is 0 Å². The van der Waals surface area contributed by atoms with Crippen LogP contribution >= 0.6 is 0 Å². The maximum absolute atomic E-state index is 11.7. The molecule has 5 nitrogen and oxygen atoms in total. The van der Waals surface area contributed by atoms with Crippen LogP contribution in [0.4, 0.5) is 0 Å². The lowest BCUT2D eigenvalue weighted by molar-refractivity contribution is -0.153. The third kappa shape index (κ3) is 2.35. The summed E-state index contributed by atoms with van der Waals surface area (Å²) in [5.74, 6) is 0.212. The molecule has 0 aliphatic carbocycles. The van der Waals surface area contributed by atoms with Gasteiger partial charge in [-0.05, 0) is 37.9 Å². The van der Waals surface area contributed by atoms with Gasteiger partial charge in [0.2, 0.25) is 0 Å². The zero-order chi connectivity index (χ0) is 15.0. The van der Waals surface area contributed by atoms with Crippen LogP contribution in [0, 0.1) is 5.41 Å². The highest BCUT2D eigenvalue weighted by atomic mass is 16.5. The number of aliphatic carboxylic acids is 1. The Morgan fingerprint density at radius 2 is 2.33 bits per heavy atom. The van der Waals surface area contributed by atoms with Gasteiger partial charge in [0.1, 0.15) is 18.1 Å². The van der Waals surface area contributed by atoms with Gasteiger partial charge in [-0.3, -0.25) is 9.69 Å². The van der Waals surface area contributed by atoms with Crippen molar-refractivity contribution in [3.8, 4) is 11.5 Å². The molecule has 1 fully saturated rings. The molecule has 2 N–H and O–H groups in total. The first kappa shape index (κ1) is 14.2. The fourth-order valence-corrected chi connectivity index (χ4v) is 3.53. The van der Waals surface area contributed by atoms with Crippen molar-refractivity contribution >= 4 is 5.97 Å². The van der Waals surface area contributed by atoms with Crippen LogP contribution in [0.25, 0.3) is 0 Å². The summed E-state index contributed by atoms with van der Waals surface area (Å²) in [5, 5.41) is 19.1. The molecule has 0 spiro atoms. The molecular weight excluding hydrogens is 270 g/mol. The van der Waals surface area contributed by atoms with Gasteiger partial charge in [-0.15, -0.1) is 0 Å². The van der Waals surface area contributed by atoms with Crippen molar-refractivity contribution in [2.45, 2.75) is 32.2 Å². The topological polar surface area (TPSA) is 70.0 Å². The highest BCUT2D eigenvalue weighted by Gasteiger charge is 2.44. The smallest absolute Gasteiger partial charge is 0.310 e. The number of rotatable bonds is 3. The second-order valence-corrected chi connectivity index (χ2v) is 6.06. The molecule has 2 atom stereocenters. The van der Waals surface area contributed by atoms with E-state index in [1.165, 1.54) is 0 Å². The van der Waals surface area contributed by atoms with E-state index in [0.717, 1.165) is 24.9 Å². The fraction of sp³-hybridized carbons (Fsp3) is 0.562. The van der Waals surface area contributed by atoms with Crippen molar-refractivity contribution in [1.82, 2.24) is 4.90 Å². The number of carboxylic acid groups (broad SMARTS) is 1. The molecule has 2 aliphatic heterocycles. The first-order valence-corrected chi connectivity index (χ1v) is 7.49. The predicted octanol–water partition coefficient (Wildman–Crippen LogP) is 2.40.